The van der Waals surface area contributed by atoms with Crippen LogP contribution in [0.2, 0.25) is 0 Å². The highest BCUT2D eigenvalue weighted by Gasteiger charge is 2.13. The van der Waals surface area contributed by atoms with E-state index in [1.165, 1.54) is 0 Å². The van der Waals surface area contributed by atoms with Gasteiger partial charge >= 0.3 is 11.8 Å². The van der Waals surface area contributed by atoms with Gasteiger partial charge in [-0.2, -0.15) is 5.10 Å². The summed E-state index contributed by atoms with van der Waals surface area (Å²) < 4.78 is 5.07. The normalized spacial score (nSPS) is 11.0. The summed E-state index contributed by atoms with van der Waals surface area (Å²) in [5, 5.41) is 10.7. The summed E-state index contributed by atoms with van der Waals surface area (Å²) >= 11 is 0. The second-order valence-corrected chi connectivity index (χ2v) is 6.61. The largest absolute Gasteiger partial charge is 0.497 e. The minimum Gasteiger partial charge on any atom is -0.497 e. The van der Waals surface area contributed by atoms with Gasteiger partial charge in [0.05, 0.1) is 13.3 Å². The Kier molecular flexibility index (Phi) is 5.39. The summed E-state index contributed by atoms with van der Waals surface area (Å²) in [6.45, 7) is 0. The van der Waals surface area contributed by atoms with Crippen molar-refractivity contribution in [1.82, 2.24) is 5.43 Å². The monoisotopic (exact) mass is 397 g/mol. The lowest BCUT2D eigenvalue weighted by Gasteiger charge is -2.08. The van der Waals surface area contributed by atoms with Crippen LogP contribution < -0.4 is 15.5 Å². The number of benzene rings is 4. The van der Waals surface area contributed by atoms with Crippen molar-refractivity contribution >= 4 is 45.3 Å². The number of amides is 2. The van der Waals surface area contributed by atoms with Crippen molar-refractivity contribution in [1.29, 1.82) is 0 Å². The number of hydrazone groups is 1. The van der Waals surface area contributed by atoms with Crippen molar-refractivity contribution in [2.24, 2.45) is 5.10 Å². The van der Waals surface area contributed by atoms with Crippen molar-refractivity contribution in [3.05, 3.63) is 84.4 Å². The van der Waals surface area contributed by atoms with Gasteiger partial charge in [0.25, 0.3) is 0 Å². The third-order valence-corrected chi connectivity index (χ3v) is 4.73. The molecule has 30 heavy (non-hydrogen) atoms. The average Bonchev–Trinajstić information content (AvgIpc) is 2.79. The SMILES string of the molecule is COc1ccc(NC(=O)C(=O)NN=Cc2c3ccccc3cc3ccccc23)cc1. The minimum absolute atomic E-state index is 0.486. The van der Waals surface area contributed by atoms with Crippen molar-refractivity contribution in [2.75, 3.05) is 12.4 Å². The smallest absolute Gasteiger partial charge is 0.329 e. The van der Waals surface area contributed by atoms with Gasteiger partial charge in [-0.15, -0.1) is 0 Å². The second kappa shape index (κ2) is 8.45. The first-order valence-electron chi connectivity index (χ1n) is 9.34. The molecule has 4 rings (SSSR count). The zero-order valence-electron chi connectivity index (χ0n) is 16.3. The lowest BCUT2D eigenvalue weighted by molar-refractivity contribution is -0.136. The highest BCUT2D eigenvalue weighted by molar-refractivity contribution is 6.39. The standard InChI is InChI=1S/C24H19N3O3/c1-30-19-12-10-18(11-13-19)26-23(28)24(29)27-25-15-22-20-8-4-2-6-16(20)14-17-7-3-5-9-21(17)22/h2-15H,1H3,(H,26,28)(H,27,29). The number of fused-ring (bicyclic) bond motifs is 2. The zero-order chi connectivity index (χ0) is 20.9. The van der Waals surface area contributed by atoms with Crippen LogP contribution in [-0.4, -0.2) is 25.1 Å². The first-order valence-corrected chi connectivity index (χ1v) is 9.34. The molecule has 0 unspecified atom stereocenters. The number of anilines is 1. The number of hydrogen-bond acceptors (Lipinski definition) is 4. The molecule has 0 heterocycles. The lowest BCUT2D eigenvalue weighted by Crippen LogP contribution is -2.32. The number of rotatable bonds is 4. The predicted octanol–water partition coefficient (Wildman–Crippen LogP) is 4.09. The molecule has 0 aromatic heterocycles. The maximum absolute atomic E-state index is 12.1. The van der Waals surface area contributed by atoms with Crippen LogP contribution in [0.4, 0.5) is 5.69 Å². The van der Waals surface area contributed by atoms with Gasteiger partial charge in [0, 0.05) is 11.3 Å². The maximum atomic E-state index is 12.1. The van der Waals surface area contributed by atoms with Crippen LogP contribution in [0.25, 0.3) is 21.5 Å². The van der Waals surface area contributed by atoms with Gasteiger partial charge < -0.3 is 10.1 Å². The van der Waals surface area contributed by atoms with Gasteiger partial charge in [-0.05, 0) is 51.9 Å². The molecule has 0 saturated carbocycles. The molecule has 0 aliphatic heterocycles. The van der Waals surface area contributed by atoms with Crippen LogP contribution in [0, 0.1) is 0 Å². The highest BCUT2D eigenvalue weighted by Crippen LogP contribution is 2.27. The number of hydrogen-bond donors (Lipinski definition) is 2. The molecule has 148 valence electrons. The van der Waals surface area contributed by atoms with E-state index >= 15 is 0 Å². The van der Waals surface area contributed by atoms with E-state index in [4.69, 9.17) is 4.74 Å². The van der Waals surface area contributed by atoms with Crippen molar-refractivity contribution in [3.8, 4) is 5.75 Å². The molecule has 4 aromatic carbocycles. The molecule has 0 saturated heterocycles. The molecule has 0 fully saturated rings. The Balaban J connectivity index is 1.52. The molecular weight excluding hydrogens is 378 g/mol. The van der Waals surface area contributed by atoms with Crippen LogP contribution in [0.15, 0.2) is 84.0 Å². The van der Waals surface area contributed by atoms with Crippen LogP contribution >= 0.6 is 0 Å². The van der Waals surface area contributed by atoms with Crippen molar-refractivity contribution in [2.45, 2.75) is 0 Å². The summed E-state index contributed by atoms with van der Waals surface area (Å²) in [6, 6.07) is 24.7. The summed E-state index contributed by atoms with van der Waals surface area (Å²) in [4.78, 5) is 24.2. The van der Waals surface area contributed by atoms with E-state index in [-0.39, 0.29) is 0 Å². The molecule has 0 aliphatic carbocycles. The van der Waals surface area contributed by atoms with E-state index in [1.807, 2.05) is 48.5 Å². The Morgan fingerprint density at radius 1 is 0.833 bits per heavy atom. The van der Waals surface area contributed by atoms with Crippen LogP contribution in [0.5, 0.6) is 5.75 Å². The molecule has 0 radical (unpaired) electrons. The van der Waals surface area contributed by atoms with Gasteiger partial charge in [0.1, 0.15) is 5.75 Å². The van der Waals surface area contributed by atoms with E-state index in [9.17, 15) is 9.59 Å². The first kappa shape index (κ1) is 19.1. The molecule has 0 bridgehead atoms. The summed E-state index contributed by atoms with van der Waals surface area (Å²) in [5.74, 6) is -1.00. The van der Waals surface area contributed by atoms with Gasteiger partial charge in [-0.25, -0.2) is 5.43 Å². The Hall–Kier alpha value is -4.19. The van der Waals surface area contributed by atoms with Gasteiger partial charge in [-0.3, -0.25) is 9.59 Å². The first-order chi connectivity index (χ1) is 14.7. The van der Waals surface area contributed by atoms with E-state index in [2.05, 4.69) is 21.9 Å². The van der Waals surface area contributed by atoms with Crippen LogP contribution in [0.1, 0.15) is 5.56 Å². The van der Waals surface area contributed by atoms with E-state index in [1.54, 1.807) is 37.6 Å². The Morgan fingerprint density at radius 3 is 2.03 bits per heavy atom. The van der Waals surface area contributed by atoms with E-state index < -0.39 is 11.8 Å². The maximum Gasteiger partial charge on any atom is 0.329 e. The lowest BCUT2D eigenvalue weighted by atomic mass is 9.97. The van der Waals surface area contributed by atoms with E-state index in [0.29, 0.717) is 11.4 Å². The Bertz CT molecular complexity index is 1210. The fourth-order valence-electron chi connectivity index (χ4n) is 3.26. The van der Waals surface area contributed by atoms with Crippen molar-refractivity contribution < 1.29 is 14.3 Å². The number of nitrogens with one attached hydrogen (secondary N) is 2. The fourth-order valence-corrected chi connectivity index (χ4v) is 3.26. The summed E-state index contributed by atoms with van der Waals surface area (Å²) in [6.07, 6.45) is 1.57. The summed E-state index contributed by atoms with van der Waals surface area (Å²) in [5.41, 5.74) is 3.66. The molecule has 6 heteroatoms. The third kappa shape index (κ3) is 3.98. The minimum atomic E-state index is -0.855. The molecule has 2 N–H and O–H groups in total. The second-order valence-electron chi connectivity index (χ2n) is 6.61. The van der Waals surface area contributed by atoms with Gasteiger partial charge in [0.15, 0.2) is 0 Å². The Morgan fingerprint density at radius 2 is 1.43 bits per heavy atom. The molecule has 4 aromatic rings. The third-order valence-electron chi connectivity index (χ3n) is 4.73. The summed E-state index contributed by atoms with van der Waals surface area (Å²) in [7, 11) is 1.55. The molecule has 6 nitrogen and oxygen atoms in total. The van der Waals surface area contributed by atoms with Gasteiger partial charge in [0.2, 0.25) is 0 Å². The topological polar surface area (TPSA) is 79.8 Å². The number of carbonyl (C=O) groups excluding carboxylic acids is 2. The highest BCUT2D eigenvalue weighted by atomic mass is 16.5. The zero-order valence-corrected chi connectivity index (χ0v) is 16.3. The van der Waals surface area contributed by atoms with E-state index in [0.717, 1.165) is 27.1 Å². The van der Waals surface area contributed by atoms with Crippen LogP contribution in [0.3, 0.4) is 0 Å². The number of ether oxygens (including phenoxy) is 1. The average molecular weight is 397 g/mol. The quantitative estimate of drug-likeness (QED) is 0.236. The van der Waals surface area contributed by atoms with Crippen LogP contribution in [-0.2, 0) is 9.59 Å². The number of nitrogens with zero attached hydrogens (tertiary/aromatic N) is 1. The molecule has 0 atom stereocenters. The predicted molar refractivity (Wildman–Crippen MR) is 119 cm³/mol. The molecule has 0 spiro atoms. The Labute approximate surface area is 173 Å². The molecule has 2 amide bonds. The van der Waals surface area contributed by atoms with Crippen molar-refractivity contribution in [3.63, 3.8) is 0 Å². The van der Waals surface area contributed by atoms with Gasteiger partial charge in [-0.1, -0.05) is 48.5 Å². The number of methoxy groups -OCH3 is 1. The molecule has 0 aliphatic rings. The fraction of sp³-hybridized carbons (Fsp3) is 0.0417. The molecular formula is C24H19N3O3. The number of carbonyl (C=O) groups is 2.